The summed E-state index contributed by atoms with van der Waals surface area (Å²) < 4.78 is 24.0. The summed E-state index contributed by atoms with van der Waals surface area (Å²) in [7, 11) is -3.59. The van der Waals surface area contributed by atoms with E-state index in [4.69, 9.17) is 11.6 Å². The molecule has 19 heavy (non-hydrogen) atoms. The van der Waals surface area contributed by atoms with Gasteiger partial charge in [-0.15, -0.1) is 4.83 Å². The average molecular weight is 297 g/mol. The average Bonchev–Trinajstić information content (AvgIpc) is 2.37. The van der Waals surface area contributed by atoms with E-state index in [2.05, 4.69) is 10.3 Å². The molecule has 2 aromatic carbocycles. The minimum Gasteiger partial charge on any atom is -0.308 e. The Bertz CT molecular complexity index is 669. The highest BCUT2D eigenvalue weighted by atomic mass is 35.5. The number of hydrogen-bond acceptors (Lipinski definition) is 3. The van der Waals surface area contributed by atoms with Crippen molar-refractivity contribution in [3.63, 3.8) is 0 Å². The Balaban J connectivity index is 2.12. The zero-order chi connectivity index (χ0) is 13.9. The fraction of sp³-hybridized carbons (Fsp3) is 0.0769. The quantitative estimate of drug-likeness (QED) is 0.853. The normalized spacial score (nSPS) is 11.3. The molecule has 100 valence electrons. The van der Waals surface area contributed by atoms with Crippen LogP contribution in [0.15, 0.2) is 53.4 Å². The molecule has 4 nitrogen and oxygen atoms in total. The van der Waals surface area contributed by atoms with Crippen molar-refractivity contribution in [1.29, 1.82) is 0 Å². The molecule has 0 aliphatic carbocycles. The van der Waals surface area contributed by atoms with Crippen LogP contribution in [0.5, 0.6) is 0 Å². The molecular weight excluding hydrogens is 284 g/mol. The fourth-order valence-corrected chi connectivity index (χ4v) is 2.52. The summed E-state index contributed by atoms with van der Waals surface area (Å²) in [4.78, 5) is 2.50. The van der Waals surface area contributed by atoms with Crippen LogP contribution in [0.2, 0.25) is 5.02 Å². The molecule has 0 heterocycles. The number of hydrazine groups is 1. The molecule has 0 fully saturated rings. The number of nitrogens with one attached hydrogen (secondary N) is 2. The van der Waals surface area contributed by atoms with Gasteiger partial charge in [0.25, 0.3) is 10.0 Å². The highest BCUT2D eigenvalue weighted by Crippen LogP contribution is 2.15. The van der Waals surface area contributed by atoms with Crippen LogP contribution in [-0.2, 0) is 10.0 Å². The van der Waals surface area contributed by atoms with Crippen LogP contribution in [0, 0.1) is 6.92 Å². The Morgan fingerprint density at radius 3 is 2.37 bits per heavy atom. The van der Waals surface area contributed by atoms with Gasteiger partial charge in [-0.05, 0) is 37.3 Å². The maximum atomic E-state index is 12.0. The standard InChI is InChI=1S/C13H13ClN2O2S/c1-10-5-7-13(8-6-10)19(17,18)16-15-12-4-2-3-11(14)9-12/h2-9,15-16H,1H3. The summed E-state index contributed by atoms with van der Waals surface area (Å²) in [5.74, 6) is 0. The van der Waals surface area contributed by atoms with Crippen LogP contribution in [-0.4, -0.2) is 8.42 Å². The number of sulfonamides is 1. The predicted molar refractivity (Wildman–Crippen MR) is 76.6 cm³/mol. The van der Waals surface area contributed by atoms with E-state index < -0.39 is 10.0 Å². The van der Waals surface area contributed by atoms with E-state index in [-0.39, 0.29) is 4.90 Å². The molecule has 0 spiro atoms. The molecule has 0 radical (unpaired) electrons. The van der Waals surface area contributed by atoms with Gasteiger partial charge in [-0.1, -0.05) is 35.4 Å². The Hall–Kier alpha value is -1.56. The number of aryl methyl sites for hydroxylation is 1. The van der Waals surface area contributed by atoms with Crippen molar-refractivity contribution in [3.8, 4) is 0 Å². The maximum Gasteiger partial charge on any atom is 0.257 e. The molecule has 0 unspecified atom stereocenters. The first-order valence-electron chi connectivity index (χ1n) is 5.57. The van der Waals surface area contributed by atoms with Crippen molar-refractivity contribution in [2.75, 3.05) is 5.43 Å². The fourth-order valence-electron chi connectivity index (χ4n) is 1.47. The van der Waals surface area contributed by atoms with Crippen LogP contribution in [0.1, 0.15) is 5.56 Å². The molecule has 0 amide bonds. The summed E-state index contributed by atoms with van der Waals surface area (Å²) in [6.07, 6.45) is 0. The summed E-state index contributed by atoms with van der Waals surface area (Å²) >= 11 is 5.81. The third-order valence-corrected chi connectivity index (χ3v) is 3.98. The summed E-state index contributed by atoms with van der Waals surface area (Å²) in [6.45, 7) is 1.90. The predicted octanol–water partition coefficient (Wildman–Crippen LogP) is 2.95. The number of benzene rings is 2. The van der Waals surface area contributed by atoms with E-state index in [1.807, 2.05) is 6.92 Å². The van der Waals surface area contributed by atoms with E-state index >= 15 is 0 Å². The monoisotopic (exact) mass is 296 g/mol. The summed E-state index contributed by atoms with van der Waals surface area (Å²) in [6, 6.07) is 13.4. The van der Waals surface area contributed by atoms with Gasteiger partial charge in [0.05, 0.1) is 10.6 Å². The third kappa shape index (κ3) is 3.70. The third-order valence-electron chi connectivity index (χ3n) is 2.49. The smallest absolute Gasteiger partial charge is 0.257 e. The molecular formula is C13H13ClN2O2S. The van der Waals surface area contributed by atoms with Crippen LogP contribution in [0.4, 0.5) is 5.69 Å². The first-order valence-corrected chi connectivity index (χ1v) is 7.43. The summed E-state index contributed by atoms with van der Waals surface area (Å²) in [5.41, 5.74) is 4.19. The first-order chi connectivity index (χ1) is 8.97. The van der Waals surface area contributed by atoms with Crippen molar-refractivity contribution >= 4 is 27.3 Å². The number of halogens is 1. The first kappa shape index (κ1) is 13.9. The molecule has 0 saturated carbocycles. The zero-order valence-corrected chi connectivity index (χ0v) is 11.8. The van der Waals surface area contributed by atoms with Gasteiger partial charge in [-0.25, -0.2) is 8.42 Å². The lowest BCUT2D eigenvalue weighted by atomic mass is 10.2. The number of hydrogen-bond donors (Lipinski definition) is 2. The van der Waals surface area contributed by atoms with E-state index in [0.29, 0.717) is 10.7 Å². The molecule has 2 aromatic rings. The van der Waals surface area contributed by atoms with Crippen molar-refractivity contribution in [2.45, 2.75) is 11.8 Å². The Morgan fingerprint density at radius 1 is 1.05 bits per heavy atom. The molecule has 0 bridgehead atoms. The van der Waals surface area contributed by atoms with Gasteiger partial charge < -0.3 is 5.43 Å². The second kappa shape index (κ2) is 5.61. The van der Waals surface area contributed by atoms with Crippen LogP contribution >= 0.6 is 11.6 Å². The SMILES string of the molecule is Cc1ccc(S(=O)(=O)NNc2cccc(Cl)c2)cc1. The Kier molecular flexibility index (Phi) is 4.09. The topological polar surface area (TPSA) is 58.2 Å². The second-order valence-corrected chi connectivity index (χ2v) is 6.17. The van der Waals surface area contributed by atoms with E-state index in [1.165, 1.54) is 0 Å². The van der Waals surface area contributed by atoms with Crippen LogP contribution in [0.25, 0.3) is 0 Å². The van der Waals surface area contributed by atoms with Gasteiger partial charge in [0.2, 0.25) is 0 Å². The lowest BCUT2D eigenvalue weighted by Crippen LogP contribution is -2.29. The number of anilines is 1. The minimum absolute atomic E-state index is 0.202. The van der Waals surface area contributed by atoms with Gasteiger partial charge in [-0.3, -0.25) is 0 Å². The van der Waals surface area contributed by atoms with E-state index in [0.717, 1.165) is 5.56 Å². The molecule has 0 aliphatic rings. The van der Waals surface area contributed by atoms with Gasteiger partial charge in [-0.2, -0.15) is 0 Å². The van der Waals surface area contributed by atoms with Crippen molar-refractivity contribution < 1.29 is 8.42 Å². The summed E-state index contributed by atoms with van der Waals surface area (Å²) in [5, 5.41) is 0.527. The highest BCUT2D eigenvalue weighted by Gasteiger charge is 2.12. The molecule has 2 N–H and O–H groups in total. The molecule has 0 saturated heterocycles. The zero-order valence-electron chi connectivity index (χ0n) is 10.2. The van der Waals surface area contributed by atoms with E-state index in [1.54, 1.807) is 48.5 Å². The molecule has 6 heteroatoms. The van der Waals surface area contributed by atoms with E-state index in [9.17, 15) is 8.42 Å². The van der Waals surface area contributed by atoms with Gasteiger partial charge in [0, 0.05) is 5.02 Å². The van der Waals surface area contributed by atoms with Gasteiger partial charge in [0.15, 0.2) is 0 Å². The van der Waals surface area contributed by atoms with Crippen LogP contribution < -0.4 is 10.3 Å². The molecule has 0 atom stereocenters. The second-order valence-electron chi connectivity index (χ2n) is 4.05. The van der Waals surface area contributed by atoms with Crippen molar-refractivity contribution in [3.05, 3.63) is 59.1 Å². The minimum atomic E-state index is -3.59. The van der Waals surface area contributed by atoms with Gasteiger partial charge in [0.1, 0.15) is 0 Å². The number of rotatable bonds is 4. The maximum absolute atomic E-state index is 12.0. The lowest BCUT2D eigenvalue weighted by Gasteiger charge is -2.09. The van der Waals surface area contributed by atoms with Gasteiger partial charge >= 0.3 is 0 Å². The van der Waals surface area contributed by atoms with Crippen LogP contribution in [0.3, 0.4) is 0 Å². The largest absolute Gasteiger partial charge is 0.308 e. The van der Waals surface area contributed by atoms with Crippen molar-refractivity contribution in [2.24, 2.45) is 0 Å². The Morgan fingerprint density at radius 2 is 1.74 bits per heavy atom. The van der Waals surface area contributed by atoms with Crippen molar-refractivity contribution in [1.82, 2.24) is 4.83 Å². The molecule has 0 aromatic heterocycles. The highest BCUT2D eigenvalue weighted by molar-refractivity contribution is 7.89. The Labute approximate surface area is 117 Å². The molecule has 0 aliphatic heterocycles. The molecule has 2 rings (SSSR count). The lowest BCUT2D eigenvalue weighted by molar-refractivity contribution is 0.587.